The van der Waals surface area contributed by atoms with E-state index in [0.29, 0.717) is 19.9 Å². The van der Waals surface area contributed by atoms with Crippen molar-refractivity contribution in [2.24, 2.45) is 0 Å². The highest BCUT2D eigenvalue weighted by Gasteiger charge is 1.91. The van der Waals surface area contributed by atoms with Crippen LogP contribution in [0, 0.1) is 0 Å². The molecule has 0 rings (SSSR count). The number of nitrogens with one attached hydrogen (secondary N) is 5. The number of rotatable bonds is 17. The minimum absolute atomic E-state index is 0.199. The zero-order valence-electron chi connectivity index (χ0n) is 11.3. The summed E-state index contributed by atoms with van der Waals surface area (Å²) >= 11 is 0. The first-order valence-electron chi connectivity index (χ1n) is 6.03. The van der Waals surface area contributed by atoms with E-state index in [1.165, 1.54) is 0 Å². The van der Waals surface area contributed by atoms with Gasteiger partial charge in [-0.2, -0.15) is 0 Å². The van der Waals surface area contributed by atoms with Crippen LogP contribution in [0.25, 0.3) is 0 Å². The molecule has 20 heavy (non-hydrogen) atoms. The van der Waals surface area contributed by atoms with Crippen LogP contribution in [0.5, 0.6) is 0 Å². The average molecular weight is 301 g/mol. The minimum atomic E-state index is 0.199. The van der Waals surface area contributed by atoms with Crippen molar-refractivity contribution in [2.75, 3.05) is 46.2 Å². The molecular weight excluding hydrogens is 278 g/mol. The van der Waals surface area contributed by atoms with Crippen LogP contribution in [0.2, 0.25) is 0 Å². The first-order valence-corrected chi connectivity index (χ1v) is 6.03. The average Bonchev–Trinajstić information content (AvgIpc) is 2.47. The van der Waals surface area contributed by atoms with Crippen molar-refractivity contribution in [3.63, 3.8) is 0 Å². The van der Waals surface area contributed by atoms with E-state index < -0.39 is 0 Å². The predicted octanol–water partition coefficient (Wildman–Crippen LogP) is -2.07. The molecule has 12 heteroatoms. The van der Waals surface area contributed by atoms with Crippen LogP contribution in [0.4, 0.5) is 0 Å². The van der Waals surface area contributed by atoms with E-state index in [9.17, 15) is 0 Å². The quantitative estimate of drug-likeness (QED) is 0.0762. The van der Waals surface area contributed by atoms with Gasteiger partial charge in [-0.25, -0.2) is 5.26 Å². The third-order valence-electron chi connectivity index (χ3n) is 1.78. The smallest absolute Gasteiger partial charge is 0.121 e. The highest BCUT2D eigenvalue weighted by molar-refractivity contribution is 4.51. The van der Waals surface area contributed by atoms with E-state index in [4.69, 9.17) is 14.8 Å². The second-order valence-corrected chi connectivity index (χ2v) is 3.17. The minimum Gasteiger partial charge on any atom is -0.367 e. The van der Waals surface area contributed by atoms with Gasteiger partial charge < -0.3 is 10.1 Å². The van der Waals surface area contributed by atoms with Crippen molar-refractivity contribution in [1.29, 1.82) is 0 Å². The van der Waals surface area contributed by atoms with Gasteiger partial charge in [-0.15, -0.1) is 0 Å². The fourth-order valence-electron chi connectivity index (χ4n) is 0.965. The van der Waals surface area contributed by atoms with Crippen LogP contribution in [-0.2, 0) is 29.6 Å². The summed E-state index contributed by atoms with van der Waals surface area (Å²) in [6, 6.07) is 0. The standard InChI is InChI=1S/C8H23N5O7/c1-2-15-7-10-5-3-9-4-6-11-8-16-12-17-18-13-19-20-14/h9-14H,2-8H2,1H3. The lowest BCUT2D eigenvalue weighted by Crippen LogP contribution is -2.35. The lowest BCUT2D eigenvalue weighted by Gasteiger charge is -2.08. The Bertz CT molecular complexity index is 163. The first-order chi connectivity index (χ1) is 9.91. The molecule has 0 aliphatic heterocycles. The summed E-state index contributed by atoms with van der Waals surface area (Å²) in [6.45, 7) is 6.64. The van der Waals surface area contributed by atoms with E-state index in [-0.39, 0.29) is 6.73 Å². The Balaban J connectivity index is 2.89. The highest BCUT2D eigenvalue weighted by Crippen LogP contribution is 1.70. The molecule has 0 aromatic heterocycles. The molecule has 6 N–H and O–H groups in total. The van der Waals surface area contributed by atoms with Gasteiger partial charge in [-0.3, -0.25) is 15.5 Å². The third kappa shape index (κ3) is 17.5. The van der Waals surface area contributed by atoms with Gasteiger partial charge in [0.05, 0.1) is 6.73 Å². The molecule has 0 radical (unpaired) electrons. The molecule has 0 aromatic rings. The zero-order valence-corrected chi connectivity index (χ0v) is 11.3. The van der Waals surface area contributed by atoms with Crippen LogP contribution in [0.1, 0.15) is 6.92 Å². The van der Waals surface area contributed by atoms with Gasteiger partial charge in [-0.1, -0.05) is 15.0 Å². The third-order valence-corrected chi connectivity index (χ3v) is 1.78. The van der Waals surface area contributed by atoms with Gasteiger partial charge in [0, 0.05) is 32.8 Å². The number of hydrogen-bond acceptors (Lipinski definition) is 12. The van der Waals surface area contributed by atoms with Crippen molar-refractivity contribution >= 4 is 0 Å². The molecular formula is C8H23N5O7. The van der Waals surface area contributed by atoms with Gasteiger partial charge in [0.1, 0.15) is 6.73 Å². The monoisotopic (exact) mass is 301 g/mol. The largest absolute Gasteiger partial charge is 0.367 e. The molecule has 12 nitrogen and oxygen atoms in total. The van der Waals surface area contributed by atoms with Crippen molar-refractivity contribution < 1.29 is 34.8 Å². The Morgan fingerprint density at radius 2 is 1.45 bits per heavy atom. The maximum atomic E-state index is 7.68. The molecule has 0 aromatic carbocycles. The number of hydrogen-bond donors (Lipinski definition) is 6. The lowest BCUT2D eigenvalue weighted by atomic mass is 10.5. The Kier molecular flexibility index (Phi) is 18.1. The molecule has 0 unspecified atom stereocenters. The Labute approximate surface area is 116 Å². The second-order valence-electron chi connectivity index (χ2n) is 3.17. The summed E-state index contributed by atoms with van der Waals surface area (Å²) in [7, 11) is 0. The summed E-state index contributed by atoms with van der Waals surface area (Å²) in [5.41, 5.74) is 3.56. The van der Waals surface area contributed by atoms with Gasteiger partial charge in [0.25, 0.3) is 0 Å². The van der Waals surface area contributed by atoms with Crippen LogP contribution >= 0.6 is 0 Å². The van der Waals surface area contributed by atoms with Gasteiger partial charge >= 0.3 is 0 Å². The first kappa shape index (κ1) is 19.5. The predicted molar refractivity (Wildman–Crippen MR) is 64.6 cm³/mol. The van der Waals surface area contributed by atoms with E-state index in [2.05, 4.69) is 36.0 Å². The second kappa shape index (κ2) is 18.5. The van der Waals surface area contributed by atoms with Crippen LogP contribution < -0.4 is 27.2 Å². The summed E-state index contributed by atoms with van der Waals surface area (Å²) in [4.78, 5) is 16.6. The molecule has 0 atom stereocenters. The lowest BCUT2D eigenvalue weighted by molar-refractivity contribution is -0.590. The molecule has 0 aliphatic rings. The topological polar surface area (TPSA) is 136 Å². The molecule has 122 valence electrons. The molecule has 0 bridgehead atoms. The van der Waals surface area contributed by atoms with Crippen molar-refractivity contribution in [2.45, 2.75) is 6.92 Å². The van der Waals surface area contributed by atoms with E-state index >= 15 is 0 Å². The fourth-order valence-corrected chi connectivity index (χ4v) is 0.965. The van der Waals surface area contributed by atoms with Gasteiger partial charge in [-0.05, 0) is 23.2 Å². The summed E-state index contributed by atoms with van der Waals surface area (Å²) in [5.74, 6) is 0. The summed E-state index contributed by atoms with van der Waals surface area (Å²) in [6.07, 6.45) is 0. The fraction of sp³-hybridized carbons (Fsp3) is 1.00. The zero-order chi connectivity index (χ0) is 14.7. The van der Waals surface area contributed by atoms with E-state index in [0.717, 1.165) is 19.6 Å². The Hall–Kier alpha value is -0.480. The molecule has 0 heterocycles. The van der Waals surface area contributed by atoms with Gasteiger partial charge in [0.2, 0.25) is 0 Å². The SMILES string of the molecule is CCOCNCCNCCNCONOONOOO. The molecule has 0 aliphatic carbocycles. The molecule has 0 saturated carbocycles. The van der Waals surface area contributed by atoms with E-state index in [1.54, 1.807) is 5.64 Å². The molecule has 0 spiro atoms. The maximum Gasteiger partial charge on any atom is 0.121 e. The molecule has 0 amide bonds. The summed E-state index contributed by atoms with van der Waals surface area (Å²) < 4.78 is 5.12. The van der Waals surface area contributed by atoms with Crippen molar-refractivity contribution in [1.82, 2.24) is 27.2 Å². The van der Waals surface area contributed by atoms with Crippen LogP contribution in [0.15, 0.2) is 0 Å². The maximum absolute atomic E-state index is 7.68. The van der Waals surface area contributed by atoms with Crippen LogP contribution in [-0.4, -0.2) is 51.5 Å². The van der Waals surface area contributed by atoms with Crippen LogP contribution in [0.3, 0.4) is 0 Å². The highest BCUT2D eigenvalue weighted by atomic mass is 17.6. The normalized spacial score (nSPS) is 11.1. The van der Waals surface area contributed by atoms with Crippen molar-refractivity contribution in [3.8, 4) is 0 Å². The Morgan fingerprint density at radius 3 is 2.15 bits per heavy atom. The number of ether oxygens (including phenoxy) is 1. The Morgan fingerprint density at radius 1 is 0.800 bits per heavy atom. The van der Waals surface area contributed by atoms with E-state index in [1.807, 2.05) is 12.6 Å². The van der Waals surface area contributed by atoms with Crippen molar-refractivity contribution in [3.05, 3.63) is 0 Å². The summed E-state index contributed by atoms with van der Waals surface area (Å²) in [5, 5.41) is 20.1. The molecule has 0 saturated heterocycles. The van der Waals surface area contributed by atoms with Gasteiger partial charge in [0.15, 0.2) is 0 Å². The molecule has 0 fully saturated rings.